The van der Waals surface area contributed by atoms with Crippen molar-refractivity contribution in [3.05, 3.63) is 58.8 Å². The smallest absolute Gasteiger partial charge is 0.335 e. The first-order valence-electron chi connectivity index (χ1n) is 17.1. The number of aromatic nitrogens is 2. The van der Waals surface area contributed by atoms with Crippen LogP contribution in [0.3, 0.4) is 0 Å². The maximum absolute atomic E-state index is 14.6. The zero-order valence-electron chi connectivity index (χ0n) is 27.3. The van der Waals surface area contributed by atoms with Crippen LogP contribution >= 0.6 is 0 Å². The molecule has 7 rings (SSSR count). The molecule has 1 aliphatic carbocycles. The van der Waals surface area contributed by atoms with Gasteiger partial charge in [-0.15, -0.1) is 0 Å². The largest absolute Gasteiger partial charge is 0.478 e. The van der Waals surface area contributed by atoms with Gasteiger partial charge >= 0.3 is 5.97 Å². The van der Waals surface area contributed by atoms with Gasteiger partial charge < -0.3 is 29.4 Å². The number of amides is 2. The average Bonchev–Trinajstić information content (AvgIpc) is 3.72. The minimum absolute atomic E-state index is 0.0278. The Balaban J connectivity index is 1.48. The highest BCUT2D eigenvalue weighted by Crippen LogP contribution is 2.47. The number of benzene rings is 2. The molecule has 242 valence electrons. The third-order valence-corrected chi connectivity index (χ3v) is 10.6. The van der Waals surface area contributed by atoms with Gasteiger partial charge in [-0.25, -0.2) is 4.79 Å². The number of aryl methyl sites for hydroxylation is 2. The number of fused-ring (bicyclic) bond motifs is 4. The molecule has 1 atom stereocenters. The fourth-order valence-corrected chi connectivity index (χ4v) is 8.40. The Labute approximate surface area is 270 Å². The summed E-state index contributed by atoms with van der Waals surface area (Å²) in [6.07, 6.45) is 7.48. The number of nitrogens with zero attached hydrogens (tertiary/aromatic N) is 4. The van der Waals surface area contributed by atoms with E-state index < -0.39 is 5.97 Å². The first kappa shape index (κ1) is 30.5. The molecule has 1 saturated heterocycles. The van der Waals surface area contributed by atoms with Crippen LogP contribution in [0.25, 0.3) is 33.1 Å². The van der Waals surface area contributed by atoms with Crippen molar-refractivity contribution in [2.45, 2.75) is 90.4 Å². The average molecular weight is 624 g/mol. The fourth-order valence-electron chi connectivity index (χ4n) is 8.40. The summed E-state index contributed by atoms with van der Waals surface area (Å²) in [4.78, 5) is 42.6. The lowest BCUT2D eigenvalue weighted by Crippen LogP contribution is -2.38. The number of carboxylic acid groups (broad SMARTS) is 1. The zero-order valence-corrected chi connectivity index (χ0v) is 27.3. The van der Waals surface area contributed by atoms with E-state index in [-0.39, 0.29) is 17.9 Å². The highest BCUT2D eigenvalue weighted by Gasteiger charge is 2.35. The van der Waals surface area contributed by atoms with Crippen molar-refractivity contribution >= 4 is 39.6 Å². The fraction of sp³-hybridized carbons (Fsp3) is 0.486. The second-order valence-electron chi connectivity index (χ2n) is 13.6. The first-order chi connectivity index (χ1) is 22.3. The Morgan fingerprint density at radius 2 is 1.74 bits per heavy atom. The maximum atomic E-state index is 14.6. The molecule has 1 saturated carbocycles. The predicted molar refractivity (Wildman–Crippen MR) is 180 cm³/mol. The quantitative estimate of drug-likeness (QED) is 0.255. The lowest BCUT2D eigenvalue weighted by Gasteiger charge is -2.26. The summed E-state index contributed by atoms with van der Waals surface area (Å²) in [7, 11) is 2.10. The van der Waals surface area contributed by atoms with E-state index in [2.05, 4.69) is 51.5 Å². The van der Waals surface area contributed by atoms with Gasteiger partial charge in [0.15, 0.2) is 0 Å². The van der Waals surface area contributed by atoms with Gasteiger partial charge in [-0.3, -0.25) is 9.59 Å². The molecule has 46 heavy (non-hydrogen) atoms. The standard InChI is InChI=1S/C37H45N5O4/c1-4-39(3)22-30-27-12-8-13-29-33(27)42(35(30)36(44)40-19-16-26(21-40)38-23(2)43)18-9-17-41-31-20-25(37(45)46)14-15-28(31)32(34(29)41)24-10-6-5-7-11-24/h8,12-15,20,24,26H,4-7,9-11,16-19,21-22H2,1-3H3,(H,38,43)(H,45,46)/t26-/m1/s1. The molecular formula is C37H45N5O4. The minimum Gasteiger partial charge on any atom is -0.478 e. The van der Waals surface area contributed by atoms with Crippen molar-refractivity contribution in [2.75, 3.05) is 26.7 Å². The summed E-state index contributed by atoms with van der Waals surface area (Å²) < 4.78 is 4.68. The van der Waals surface area contributed by atoms with Gasteiger partial charge in [0.05, 0.1) is 16.8 Å². The molecule has 3 aliphatic rings. The SMILES string of the molecule is CCN(C)Cc1c(C(=O)N2CC[C@@H](NC(C)=O)C2)n2c3c(cccc13)-c1c(C3CCCCC3)c3ccc(C(=O)O)cc3n1CCC2. The van der Waals surface area contributed by atoms with Crippen LogP contribution in [-0.2, 0) is 24.4 Å². The number of aromatic carboxylic acids is 1. The lowest BCUT2D eigenvalue weighted by atomic mass is 9.81. The van der Waals surface area contributed by atoms with Crippen molar-refractivity contribution < 1.29 is 19.5 Å². The molecule has 0 bridgehead atoms. The van der Waals surface area contributed by atoms with E-state index in [4.69, 9.17) is 0 Å². The van der Waals surface area contributed by atoms with E-state index in [1.165, 1.54) is 37.4 Å². The molecule has 0 radical (unpaired) electrons. The van der Waals surface area contributed by atoms with Crippen LogP contribution in [0.5, 0.6) is 0 Å². The molecule has 2 amide bonds. The minimum atomic E-state index is -0.908. The summed E-state index contributed by atoms with van der Waals surface area (Å²) in [5.41, 5.74) is 7.89. The van der Waals surface area contributed by atoms with Gasteiger partial charge in [-0.1, -0.05) is 50.5 Å². The van der Waals surface area contributed by atoms with Crippen LogP contribution in [0.1, 0.15) is 96.7 Å². The van der Waals surface area contributed by atoms with Gasteiger partial charge in [-0.05, 0) is 62.9 Å². The van der Waals surface area contributed by atoms with Crippen LogP contribution < -0.4 is 5.32 Å². The number of para-hydroxylation sites is 1. The van der Waals surface area contributed by atoms with Gasteiger partial charge in [-0.2, -0.15) is 0 Å². The Morgan fingerprint density at radius 1 is 0.957 bits per heavy atom. The van der Waals surface area contributed by atoms with Crippen molar-refractivity contribution in [3.8, 4) is 11.3 Å². The number of likely N-dealkylation sites (tertiary alicyclic amines) is 1. The Morgan fingerprint density at radius 3 is 2.48 bits per heavy atom. The normalized spacial score (nSPS) is 18.6. The molecule has 2 N–H and O–H groups in total. The van der Waals surface area contributed by atoms with Crippen LogP contribution in [0.15, 0.2) is 36.4 Å². The van der Waals surface area contributed by atoms with Crippen LogP contribution in [0.4, 0.5) is 0 Å². The molecule has 2 aromatic carbocycles. The number of carboxylic acids is 1. The molecular weight excluding hydrogens is 578 g/mol. The monoisotopic (exact) mass is 623 g/mol. The highest BCUT2D eigenvalue weighted by molar-refractivity contribution is 6.08. The maximum Gasteiger partial charge on any atom is 0.335 e. The van der Waals surface area contributed by atoms with Crippen LogP contribution in [-0.4, -0.2) is 74.5 Å². The van der Waals surface area contributed by atoms with E-state index in [1.807, 2.05) is 17.0 Å². The van der Waals surface area contributed by atoms with E-state index in [0.717, 1.165) is 77.4 Å². The Bertz CT molecular complexity index is 1850. The molecule has 4 heterocycles. The Hall–Kier alpha value is -4.11. The van der Waals surface area contributed by atoms with Crippen molar-refractivity contribution in [3.63, 3.8) is 0 Å². The lowest BCUT2D eigenvalue weighted by molar-refractivity contribution is -0.119. The summed E-state index contributed by atoms with van der Waals surface area (Å²) in [5, 5.41) is 15.2. The highest BCUT2D eigenvalue weighted by atomic mass is 16.4. The number of rotatable bonds is 7. The van der Waals surface area contributed by atoms with Gasteiger partial charge in [0.25, 0.3) is 5.91 Å². The zero-order chi connectivity index (χ0) is 32.1. The molecule has 0 spiro atoms. The predicted octanol–water partition coefficient (Wildman–Crippen LogP) is 6.21. The third-order valence-electron chi connectivity index (χ3n) is 10.6. The third kappa shape index (κ3) is 5.18. The van der Waals surface area contributed by atoms with Crippen LogP contribution in [0, 0.1) is 0 Å². The summed E-state index contributed by atoms with van der Waals surface area (Å²) in [6.45, 7) is 7.75. The molecule has 2 fully saturated rings. The van der Waals surface area contributed by atoms with E-state index in [0.29, 0.717) is 37.7 Å². The number of nitrogens with one attached hydrogen (secondary N) is 1. The van der Waals surface area contributed by atoms with Gasteiger partial charge in [0.2, 0.25) is 5.91 Å². The number of hydrogen-bond acceptors (Lipinski definition) is 4. The Kier molecular flexibility index (Phi) is 8.13. The van der Waals surface area contributed by atoms with Crippen LogP contribution in [0.2, 0.25) is 0 Å². The number of carbonyl (C=O) groups is 3. The van der Waals surface area contributed by atoms with E-state index in [1.54, 1.807) is 6.07 Å². The molecule has 0 unspecified atom stereocenters. The van der Waals surface area contributed by atoms with Crippen molar-refractivity contribution in [1.29, 1.82) is 0 Å². The molecule has 9 heteroatoms. The topological polar surface area (TPSA) is 99.8 Å². The second kappa shape index (κ2) is 12.2. The molecule has 2 aliphatic heterocycles. The number of carbonyl (C=O) groups excluding carboxylic acids is 2. The summed E-state index contributed by atoms with van der Waals surface area (Å²) >= 11 is 0. The van der Waals surface area contributed by atoms with Gasteiger partial charge in [0.1, 0.15) is 5.69 Å². The van der Waals surface area contributed by atoms with E-state index >= 15 is 0 Å². The first-order valence-corrected chi connectivity index (χ1v) is 17.1. The van der Waals surface area contributed by atoms with E-state index in [9.17, 15) is 19.5 Å². The van der Waals surface area contributed by atoms with Gasteiger partial charge in [0, 0.05) is 73.1 Å². The summed E-state index contributed by atoms with van der Waals surface area (Å²) in [5.74, 6) is -0.531. The summed E-state index contributed by atoms with van der Waals surface area (Å²) in [6, 6.07) is 12.1. The molecule has 4 aromatic rings. The van der Waals surface area contributed by atoms with Crippen molar-refractivity contribution in [1.82, 2.24) is 24.3 Å². The van der Waals surface area contributed by atoms with Crippen molar-refractivity contribution in [2.24, 2.45) is 0 Å². The molecule has 9 nitrogen and oxygen atoms in total. The number of hydrogen-bond donors (Lipinski definition) is 2. The molecule has 2 aromatic heterocycles. The second-order valence-corrected chi connectivity index (χ2v) is 13.6.